The van der Waals surface area contributed by atoms with E-state index >= 15 is 0 Å². The molecule has 0 radical (unpaired) electrons. The summed E-state index contributed by atoms with van der Waals surface area (Å²) in [5.74, 6) is -0.988. The first-order valence-corrected chi connectivity index (χ1v) is 5.78. The molecule has 0 spiro atoms. The predicted octanol–water partition coefficient (Wildman–Crippen LogP) is 2.42. The Kier molecular flexibility index (Phi) is 3.71. The van der Waals surface area contributed by atoms with E-state index in [1.54, 1.807) is 0 Å². The van der Waals surface area contributed by atoms with E-state index in [0.717, 1.165) is 6.07 Å². The number of halogens is 3. The molecule has 0 aliphatic carbocycles. The fourth-order valence-corrected chi connectivity index (χ4v) is 1.71. The maximum atomic E-state index is 13.4. The summed E-state index contributed by atoms with van der Waals surface area (Å²) in [5, 5.41) is 2.79. The van der Waals surface area contributed by atoms with Gasteiger partial charge in [-0.2, -0.15) is 0 Å². The number of aromatic nitrogens is 2. The summed E-state index contributed by atoms with van der Waals surface area (Å²) < 4.78 is 26.3. The molecule has 0 atom stereocenters. The van der Waals surface area contributed by atoms with Gasteiger partial charge in [-0.1, -0.05) is 6.07 Å². The molecule has 2 aromatic rings. The number of anilines is 1. The van der Waals surface area contributed by atoms with Crippen molar-refractivity contribution in [2.24, 2.45) is 0 Å². The second-order valence-corrected chi connectivity index (χ2v) is 4.28. The molecule has 2 rings (SSSR count). The van der Waals surface area contributed by atoms with Gasteiger partial charge < -0.3 is 10.3 Å². The molecule has 2 N–H and O–H groups in total. The van der Waals surface area contributed by atoms with E-state index in [-0.39, 0.29) is 22.1 Å². The summed E-state index contributed by atoms with van der Waals surface area (Å²) >= 11 is 3.06. The van der Waals surface area contributed by atoms with Crippen LogP contribution in [0.3, 0.4) is 0 Å². The Labute approximate surface area is 109 Å². The summed E-state index contributed by atoms with van der Waals surface area (Å²) in [7, 11) is 0. The first-order valence-electron chi connectivity index (χ1n) is 4.99. The average Bonchev–Trinajstić information content (AvgIpc) is 2.33. The van der Waals surface area contributed by atoms with E-state index in [0.29, 0.717) is 5.82 Å². The van der Waals surface area contributed by atoms with Crippen LogP contribution in [0.15, 0.2) is 33.8 Å². The highest BCUT2D eigenvalue weighted by atomic mass is 79.9. The zero-order valence-corrected chi connectivity index (χ0v) is 10.6. The lowest BCUT2D eigenvalue weighted by Crippen LogP contribution is -2.12. The van der Waals surface area contributed by atoms with Crippen molar-refractivity contribution in [3.05, 3.63) is 56.6 Å². The molecule has 18 heavy (non-hydrogen) atoms. The molecule has 0 bridgehead atoms. The number of nitrogens with zero attached hydrogens (tertiary/aromatic N) is 1. The number of benzene rings is 1. The van der Waals surface area contributed by atoms with Gasteiger partial charge in [-0.25, -0.2) is 13.8 Å². The predicted molar refractivity (Wildman–Crippen MR) is 66.2 cm³/mol. The van der Waals surface area contributed by atoms with Gasteiger partial charge in [0, 0.05) is 18.2 Å². The van der Waals surface area contributed by atoms with Crippen molar-refractivity contribution in [1.82, 2.24) is 9.97 Å². The third-order valence-electron chi connectivity index (χ3n) is 2.26. The van der Waals surface area contributed by atoms with Gasteiger partial charge in [0.15, 0.2) is 0 Å². The number of rotatable bonds is 3. The Morgan fingerprint density at radius 2 is 2.17 bits per heavy atom. The molecule has 94 valence electrons. The van der Waals surface area contributed by atoms with Gasteiger partial charge in [-0.15, -0.1) is 0 Å². The minimum Gasteiger partial charge on any atom is -0.365 e. The SMILES string of the molecule is O=c1[nH]cnc(NCc2ccc(F)cc2F)c1Br. The molecule has 0 unspecified atom stereocenters. The topological polar surface area (TPSA) is 57.8 Å². The Hall–Kier alpha value is -1.76. The quantitative estimate of drug-likeness (QED) is 0.914. The summed E-state index contributed by atoms with van der Waals surface area (Å²) in [6.45, 7) is 0.0984. The Morgan fingerprint density at radius 1 is 1.39 bits per heavy atom. The monoisotopic (exact) mass is 315 g/mol. The highest BCUT2D eigenvalue weighted by molar-refractivity contribution is 9.10. The van der Waals surface area contributed by atoms with Gasteiger partial charge in [0.2, 0.25) is 0 Å². The van der Waals surface area contributed by atoms with Crippen LogP contribution in [0.25, 0.3) is 0 Å². The summed E-state index contributed by atoms with van der Waals surface area (Å²) in [4.78, 5) is 17.5. The standard InChI is InChI=1S/C11H8BrF2N3O/c12-9-10(16-5-17-11(9)18)15-4-6-1-2-7(13)3-8(6)14/h1-3,5H,4H2,(H2,15,16,17,18). The van der Waals surface area contributed by atoms with Gasteiger partial charge in [-0.3, -0.25) is 4.79 Å². The second-order valence-electron chi connectivity index (χ2n) is 3.48. The van der Waals surface area contributed by atoms with Crippen molar-refractivity contribution < 1.29 is 8.78 Å². The van der Waals surface area contributed by atoms with E-state index in [9.17, 15) is 13.6 Å². The lowest BCUT2D eigenvalue weighted by Gasteiger charge is -2.07. The van der Waals surface area contributed by atoms with Gasteiger partial charge in [0.05, 0.1) is 6.33 Å². The molecule has 7 heteroatoms. The Bertz CT molecular complexity index is 630. The molecular formula is C11H8BrF2N3O. The largest absolute Gasteiger partial charge is 0.365 e. The molecule has 4 nitrogen and oxygen atoms in total. The maximum Gasteiger partial charge on any atom is 0.267 e. The number of hydrogen-bond acceptors (Lipinski definition) is 3. The van der Waals surface area contributed by atoms with Crippen LogP contribution in [-0.2, 0) is 6.54 Å². The molecule has 0 saturated carbocycles. The number of H-pyrrole nitrogens is 1. The summed E-state index contributed by atoms with van der Waals surface area (Å²) in [5.41, 5.74) is -0.0579. The highest BCUT2D eigenvalue weighted by Gasteiger charge is 2.07. The second kappa shape index (κ2) is 5.26. The molecular weight excluding hydrogens is 308 g/mol. The number of aromatic amines is 1. The number of nitrogens with one attached hydrogen (secondary N) is 2. The zero-order chi connectivity index (χ0) is 13.1. The Morgan fingerprint density at radius 3 is 2.89 bits per heavy atom. The van der Waals surface area contributed by atoms with E-state index in [1.165, 1.54) is 18.5 Å². The van der Waals surface area contributed by atoms with Gasteiger partial charge in [-0.05, 0) is 22.0 Å². The van der Waals surface area contributed by atoms with Crippen LogP contribution in [0.5, 0.6) is 0 Å². The van der Waals surface area contributed by atoms with Crippen LogP contribution >= 0.6 is 15.9 Å². The van der Waals surface area contributed by atoms with Crippen LogP contribution in [0.4, 0.5) is 14.6 Å². The third-order valence-corrected chi connectivity index (χ3v) is 2.99. The summed E-state index contributed by atoms with van der Waals surface area (Å²) in [6.07, 6.45) is 1.23. The minimum atomic E-state index is -0.650. The molecule has 0 amide bonds. The van der Waals surface area contributed by atoms with Crippen molar-refractivity contribution in [3.8, 4) is 0 Å². The van der Waals surface area contributed by atoms with Crippen molar-refractivity contribution >= 4 is 21.7 Å². The van der Waals surface area contributed by atoms with Gasteiger partial charge in [0.1, 0.15) is 21.9 Å². The van der Waals surface area contributed by atoms with E-state index in [1.807, 2.05) is 0 Å². The van der Waals surface area contributed by atoms with Crippen LogP contribution in [0.2, 0.25) is 0 Å². The minimum absolute atomic E-state index is 0.0984. The molecule has 0 fully saturated rings. The third kappa shape index (κ3) is 2.73. The van der Waals surface area contributed by atoms with Crippen molar-refractivity contribution in [1.29, 1.82) is 0 Å². The lowest BCUT2D eigenvalue weighted by molar-refractivity contribution is 0.574. The van der Waals surface area contributed by atoms with Gasteiger partial charge >= 0.3 is 0 Å². The van der Waals surface area contributed by atoms with Crippen LogP contribution in [-0.4, -0.2) is 9.97 Å². The fraction of sp³-hybridized carbons (Fsp3) is 0.0909. The lowest BCUT2D eigenvalue weighted by atomic mass is 10.2. The molecule has 1 aromatic carbocycles. The number of hydrogen-bond donors (Lipinski definition) is 2. The molecule has 1 heterocycles. The molecule has 0 saturated heterocycles. The van der Waals surface area contributed by atoms with Crippen molar-refractivity contribution in [2.45, 2.75) is 6.54 Å². The fourth-order valence-electron chi connectivity index (χ4n) is 1.35. The zero-order valence-electron chi connectivity index (χ0n) is 9.01. The van der Waals surface area contributed by atoms with Crippen LogP contribution in [0, 0.1) is 11.6 Å². The first-order chi connectivity index (χ1) is 8.58. The van der Waals surface area contributed by atoms with Crippen LogP contribution in [0.1, 0.15) is 5.56 Å². The van der Waals surface area contributed by atoms with E-state index < -0.39 is 11.6 Å². The Balaban J connectivity index is 2.16. The van der Waals surface area contributed by atoms with Crippen molar-refractivity contribution in [2.75, 3.05) is 5.32 Å². The molecule has 0 aliphatic rings. The molecule has 0 aliphatic heterocycles. The van der Waals surface area contributed by atoms with Gasteiger partial charge in [0.25, 0.3) is 5.56 Å². The van der Waals surface area contributed by atoms with Crippen LogP contribution < -0.4 is 10.9 Å². The summed E-state index contributed by atoms with van der Waals surface area (Å²) in [6, 6.07) is 3.30. The molecule has 1 aromatic heterocycles. The van der Waals surface area contributed by atoms with Crippen molar-refractivity contribution in [3.63, 3.8) is 0 Å². The smallest absolute Gasteiger partial charge is 0.267 e. The maximum absolute atomic E-state index is 13.4. The van der Waals surface area contributed by atoms with E-state index in [2.05, 4.69) is 31.2 Å². The normalized spacial score (nSPS) is 10.4. The average molecular weight is 316 g/mol. The van der Waals surface area contributed by atoms with E-state index in [4.69, 9.17) is 0 Å². The first kappa shape index (κ1) is 12.7. The highest BCUT2D eigenvalue weighted by Crippen LogP contribution is 2.16.